The van der Waals surface area contributed by atoms with E-state index in [1.807, 2.05) is 6.92 Å². The SMILES string of the molecule is CC(=O)N(O)CCCCCNC(=O)CCC(=O)N(O)CCCCCNC(=O)CCC(=O)N(O)CCCCCN.CCCC(=O)O.IC(I)I. The van der Waals surface area contributed by atoms with Crippen molar-refractivity contribution in [1.82, 2.24) is 25.8 Å². The van der Waals surface area contributed by atoms with E-state index in [2.05, 4.69) is 78.4 Å². The molecule has 0 unspecified atom stereocenters. The number of carboxylic acid groups (broad SMARTS) is 1. The van der Waals surface area contributed by atoms with E-state index in [0.717, 1.165) is 25.6 Å². The number of nitrogens with two attached hydrogens (primary N) is 1. The van der Waals surface area contributed by atoms with Crippen LogP contribution < -0.4 is 16.4 Å². The van der Waals surface area contributed by atoms with E-state index in [4.69, 9.17) is 10.8 Å². The average Bonchev–Trinajstić information content (AvgIpc) is 3.03. The summed E-state index contributed by atoms with van der Waals surface area (Å²) >= 11 is 6.95. The summed E-state index contributed by atoms with van der Waals surface area (Å²) in [5.41, 5.74) is 5.39. The molecule has 0 aliphatic heterocycles. The fourth-order valence-corrected chi connectivity index (χ4v) is 3.66. The molecule has 0 rings (SSSR count). The Hall–Kier alpha value is -1.15. The van der Waals surface area contributed by atoms with Crippen molar-refractivity contribution in [2.24, 2.45) is 5.73 Å². The molecule has 0 spiro atoms. The lowest BCUT2D eigenvalue weighted by Crippen LogP contribution is -2.31. The summed E-state index contributed by atoms with van der Waals surface area (Å²) in [6.07, 6.45) is 6.86. The summed E-state index contributed by atoms with van der Waals surface area (Å²) in [7, 11) is 0. The summed E-state index contributed by atoms with van der Waals surface area (Å²) in [5, 5.41) is 44.0. The van der Waals surface area contributed by atoms with Gasteiger partial charge in [0.1, 0.15) is -0.0619 Å². The van der Waals surface area contributed by atoms with Crippen LogP contribution in [-0.2, 0) is 28.8 Å². The highest BCUT2D eigenvalue weighted by molar-refractivity contribution is 14.3. The van der Waals surface area contributed by atoms with Crippen molar-refractivity contribution < 1.29 is 49.5 Å². The average molecular weight is 1040 g/mol. The van der Waals surface area contributed by atoms with E-state index < -0.39 is 23.7 Å². The van der Waals surface area contributed by atoms with Crippen LogP contribution in [0.25, 0.3) is 0 Å². The number of nitrogens with zero attached hydrogens (tertiary/aromatic N) is 3. The van der Waals surface area contributed by atoms with E-state index in [-0.39, 0.29) is 57.1 Å². The highest BCUT2D eigenvalue weighted by Gasteiger charge is 2.14. The molecule has 0 fully saturated rings. The minimum Gasteiger partial charge on any atom is -0.481 e. The fourth-order valence-electron chi connectivity index (χ4n) is 3.66. The smallest absolute Gasteiger partial charge is 0.303 e. The molecular formula is C30H57I3N6O10. The number of hydrogen-bond acceptors (Lipinski definition) is 10. The number of nitrogens with one attached hydrogen (secondary N) is 2. The molecule has 0 saturated carbocycles. The van der Waals surface area contributed by atoms with Crippen molar-refractivity contribution in [3.05, 3.63) is 0 Å². The maximum Gasteiger partial charge on any atom is 0.303 e. The van der Waals surface area contributed by atoms with Crippen molar-refractivity contribution in [2.45, 2.75) is 110 Å². The highest BCUT2D eigenvalue weighted by Crippen LogP contribution is 2.16. The summed E-state index contributed by atoms with van der Waals surface area (Å²) < 4.78 is 0.743. The van der Waals surface area contributed by atoms with Crippen molar-refractivity contribution in [1.29, 1.82) is 0 Å². The zero-order chi connectivity index (χ0) is 38.0. The Bertz CT molecular complexity index is 919. The molecule has 0 aromatic carbocycles. The number of hydrogen-bond donors (Lipinski definition) is 7. The van der Waals surface area contributed by atoms with Gasteiger partial charge in [-0.2, -0.15) is 0 Å². The Morgan fingerprint density at radius 3 is 1.29 bits per heavy atom. The first-order valence-corrected chi connectivity index (χ1v) is 20.1. The molecule has 5 amide bonds. The molecule has 19 heteroatoms. The zero-order valence-corrected chi connectivity index (χ0v) is 35.2. The lowest BCUT2D eigenvalue weighted by Gasteiger charge is -2.15. The molecule has 0 heterocycles. The summed E-state index contributed by atoms with van der Waals surface area (Å²) in [6.45, 7) is 5.06. The molecule has 49 heavy (non-hydrogen) atoms. The molecule has 0 radical (unpaired) electrons. The van der Waals surface area contributed by atoms with E-state index in [1.165, 1.54) is 6.92 Å². The zero-order valence-electron chi connectivity index (χ0n) is 28.7. The van der Waals surface area contributed by atoms with Gasteiger partial charge in [-0.15, -0.1) is 0 Å². The number of carbonyl (C=O) groups excluding carboxylic acids is 5. The van der Waals surface area contributed by atoms with E-state index in [1.54, 1.807) is 0 Å². The molecule has 0 aromatic rings. The number of aliphatic carboxylic acids is 1. The number of hydroxylamine groups is 6. The Balaban J connectivity index is -0.00000183. The number of alkyl halides is 3. The maximum absolute atomic E-state index is 12.0. The molecule has 16 nitrogen and oxygen atoms in total. The van der Waals surface area contributed by atoms with E-state index >= 15 is 0 Å². The number of carbonyl (C=O) groups is 6. The van der Waals surface area contributed by atoms with Crippen LogP contribution in [0.5, 0.6) is 0 Å². The van der Waals surface area contributed by atoms with Crippen LogP contribution in [-0.4, -0.2) is 111 Å². The number of unbranched alkanes of at least 4 members (excludes halogenated alkanes) is 6. The first-order chi connectivity index (χ1) is 23.1. The first-order valence-electron chi connectivity index (χ1n) is 16.4. The summed E-state index contributed by atoms with van der Waals surface area (Å²) in [4.78, 5) is 68.0. The van der Waals surface area contributed by atoms with Crippen LogP contribution in [0.1, 0.15) is 110 Å². The van der Waals surface area contributed by atoms with Gasteiger partial charge in [-0.3, -0.25) is 44.4 Å². The third kappa shape index (κ3) is 41.2. The van der Waals surface area contributed by atoms with Gasteiger partial charge in [-0.25, -0.2) is 15.2 Å². The lowest BCUT2D eigenvalue weighted by molar-refractivity contribution is -0.166. The normalized spacial score (nSPS) is 10.2. The molecule has 0 saturated heterocycles. The van der Waals surface area contributed by atoms with Crippen LogP contribution in [0.2, 0.25) is 0 Å². The molecule has 0 aromatic heterocycles. The number of amides is 5. The molecule has 0 aliphatic carbocycles. The van der Waals surface area contributed by atoms with Gasteiger partial charge in [0.2, 0.25) is 29.5 Å². The minimum atomic E-state index is -0.711. The monoisotopic (exact) mass is 1040 g/mol. The highest BCUT2D eigenvalue weighted by atomic mass is 127. The van der Waals surface area contributed by atoms with Gasteiger partial charge in [0.15, 0.2) is 0 Å². The van der Waals surface area contributed by atoms with Gasteiger partial charge >= 0.3 is 5.97 Å². The topological polar surface area (TPSA) is 243 Å². The molecule has 0 aliphatic rings. The Morgan fingerprint density at radius 2 is 0.980 bits per heavy atom. The third-order valence-corrected chi connectivity index (χ3v) is 6.35. The summed E-state index contributed by atoms with van der Waals surface area (Å²) in [5.74, 6) is -2.76. The number of carboxylic acids is 1. The predicted octanol–water partition coefficient (Wildman–Crippen LogP) is 4.37. The molecule has 8 N–H and O–H groups in total. The second-order valence-corrected chi connectivity index (χ2v) is 21.6. The fraction of sp³-hybridized carbons (Fsp3) is 0.800. The first kappa shape index (κ1) is 52.2. The number of rotatable bonds is 25. The summed E-state index contributed by atoms with van der Waals surface area (Å²) in [6, 6.07) is 0. The second kappa shape index (κ2) is 36.6. The minimum absolute atomic E-state index is 0.0191. The predicted molar refractivity (Wildman–Crippen MR) is 210 cm³/mol. The Kier molecular flexibility index (Phi) is 39.0. The van der Waals surface area contributed by atoms with Crippen molar-refractivity contribution in [3.63, 3.8) is 0 Å². The third-order valence-electron chi connectivity index (χ3n) is 6.35. The Morgan fingerprint density at radius 1 is 0.612 bits per heavy atom. The molecule has 0 bridgehead atoms. The van der Waals surface area contributed by atoms with Crippen LogP contribution in [0.3, 0.4) is 0 Å². The van der Waals surface area contributed by atoms with Crippen LogP contribution in [0, 0.1) is 0 Å². The van der Waals surface area contributed by atoms with Gasteiger partial charge in [0.05, 0.1) is 0 Å². The van der Waals surface area contributed by atoms with Crippen molar-refractivity contribution in [2.75, 3.05) is 39.3 Å². The largest absolute Gasteiger partial charge is 0.481 e. The van der Waals surface area contributed by atoms with Crippen LogP contribution in [0.4, 0.5) is 0 Å². The molecule has 288 valence electrons. The van der Waals surface area contributed by atoms with Gasteiger partial charge in [-0.1, -0.05) is 81.1 Å². The number of halogens is 3. The maximum atomic E-state index is 12.0. The molecule has 0 atom stereocenters. The molecular weight excluding hydrogens is 985 g/mol. The van der Waals surface area contributed by atoms with Crippen LogP contribution in [0.15, 0.2) is 0 Å². The van der Waals surface area contributed by atoms with Gasteiger partial charge in [0, 0.05) is 71.8 Å². The van der Waals surface area contributed by atoms with Gasteiger partial charge in [-0.05, 0) is 64.3 Å². The Labute approximate surface area is 331 Å². The van der Waals surface area contributed by atoms with Crippen molar-refractivity contribution in [3.8, 4) is 0 Å². The van der Waals surface area contributed by atoms with E-state index in [9.17, 15) is 44.4 Å². The lowest BCUT2D eigenvalue weighted by atomic mass is 10.2. The second-order valence-electron chi connectivity index (χ2n) is 10.7. The van der Waals surface area contributed by atoms with Crippen molar-refractivity contribution >= 4 is 103 Å². The van der Waals surface area contributed by atoms with Gasteiger partial charge in [0.25, 0.3) is 0 Å². The quantitative estimate of drug-likeness (QED) is 0.0223. The van der Waals surface area contributed by atoms with E-state index in [0.29, 0.717) is 79.8 Å². The van der Waals surface area contributed by atoms with Crippen LogP contribution >= 0.6 is 67.8 Å². The standard InChI is InChI=1S/C25H48N6O8.C4H8O2.CHI3/c1-21(32)29(37)18-9-3-6-16-27-22(33)12-14-25(36)31(39)20-10-4-7-17-28-23(34)11-13-24(35)30(38)19-8-2-5-15-26;1-2-3-4(5)6;2-1(3)4/h37-39H,2-20,26H2,1H3,(H,27,33)(H,28,34);2-3H2,1H3,(H,5,6);1H. The van der Waals surface area contributed by atoms with Gasteiger partial charge < -0.3 is 21.5 Å².